The van der Waals surface area contributed by atoms with E-state index in [9.17, 15) is 9.59 Å². The molecule has 0 aliphatic rings. The number of Topliss-reactive ketones (excluding diaryl/α,β-unsaturated/α-hetero) is 1. The fourth-order valence-corrected chi connectivity index (χ4v) is 2.74. The first-order valence-electron chi connectivity index (χ1n) is 8.18. The second kappa shape index (κ2) is 8.67. The first-order valence-corrected chi connectivity index (χ1v) is 8.56. The molecule has 0 spiro atoms. The predicted octanol–water partition coefficient (Wildman–Crippen LogP) is 4.50. The average molecular weight is 361 g/mol. The Balaban J connectivity index is 2.57. The molecule has 2 aromatic carbocycles. The molecule has 5 heteroatoms. The molecule has 0 saturated heterocycles. The quantitative estimate of drug-likeness (QED) is 0.650. The molecule has 0 aromatic heterocycles. The van der Waals surface area contributed by atoms with Gasteiger partial charge in [0, 0.05) is 22.6 Å². The summed E-state index contributed by atoms with van der Waals surface area (Å²) < 4.78 is 11.2. The van der Waals surface area contributed by atoms with Crippen LogP contribution < -0.4 is 9.47 Å². The van der Waals surface area contributed by atoms with E-state index in [0.717, 1.165) is 0 Å². The zero-order valence-electron chi connectivity index (χ0n) is 14.6. The first-order chi connectivity index (χ1) is 12.0. The van der Waals surface area contributed by atoms with Crippen molar-refractivity contribution in [2.45, 2.75) is 27.2 Å². The van der Waals surface area contributed by atoms with Crippen LogP contribution in [-0.4, -0.2) is 24.8 Å². The van der Waals surface area contributed by atoms with Gasteiger partial charge in [0.05, 0.1) is 13.2 Å². The monoisotopic (exact) mass is 360 g/mol. The number of hydrogen-bond acceptors (Lipinski definition) is 4. The number of carbonyl (C=O) groups excluding carboxylic acids is 2. The van der Waals surface area contributed by atoms with Crippen molar-refractivity contribution in [3.05, 3.63) is 58.1 Å². The van der Waals surface area contributed by atoms with Gasteiger partial charge in [-0.2, -0.15) is 0 Å². The van der Waals surface area contributed by atoms with E-state index in [-0.39, 0.29) is 18.0 Å². The van der Waals surface area contributed by atoms with Crippen molar-refractivity contribution >= 4 is 23.2 Å². The Hall–Kier alpha value is -2.33. The van der Waals surface area contributed by atoms with Gasteiger partial charge < -0.3 is 9.47 Å². The zero-order chi connectivity index (χ0) is 18.4. The molecule has 0 radical (unpaired) electrons. The molecule has 2 aromatic rings. The maximum atomic E-state index is 13.0. The van der Waals surface area contributed by atoms with E-state index in [4.69, 9.17) is 21.1 Å². The fraction of sp³-hybridized carbons (Fsp3) is 0.300. The van der Waals surface area contributed by atoms with Crippen molar-refractivity contribution in [3.63, 3.8) is 0 Å². The standard InChI is InChI=1S/C20H21ClO4/c1-4-24-18-11-15(9-13(3)22)17(12-19(18)25-5-2)20(23)14-7-6-8-16(21)10-14/h6-8,10-12H,4-5,9H2,1-3H3. The number of rotatable bonds is 8. The number of halogens is 1. The van der Waals surface area contributed by atoms with Gasteiger partial charge in [-0.3, -0.25) is 9.59 Å². The molecular formula is C20H21ClO4. The van der Waals surface area contributed by atoms with Crippen LogP contribution in [0, 0.1) is 0 Å². The summed E-state index contributed by atoms with van der Waals surface area (Å²) in [5.41, 5.74) is 1.50. The summed E-state index contributed by atoms with van der Waals surface area (Å²) in [4.78, 5) is 24.6. The molecule has 25 heavy (non-hydrogen) atoms. The van der Waals surface area contributed by atoms with Gasteiger partial charge in [0.25, 0.3) is 0 Å². The summed E-state index contributed by atoms with van der Waals surface area (Å²) in [5.74, 6) is 0.778. The first kappa shape index (κ1) is 19.0. The summed E-state index contributed by atoms with van der Waals surface area (Å²) in [5, 5.41) is 0.481. The number of ether oxygens (including phenoxy) is 2. The van der Waals surface area contributed by atoms with Gasteiger partial charge in [0.2, 0.25) is 0 Å². The third-order valence-electron chi connectivity index (χ3n) is 3.54. The highest BCUT2D eigenvalue weighted by Crippen LogP contribution is 2.33. The Morgan fingerprint density at radius 2 is 1.64 bits per heavy atom. The van der Waals surface area contributed by atoms with E-state index in [0.29, 0.717) is 46.4 Å². The van der Waals surface area contributed by atoms with Crippen molar-refractivity contribution < 1.29 is 19.1 Å². The van der Waals surface area contributed by atoms with Crippen LogP contribution in [0.5, 0.6) is 11.5 Å². The Bertz CT molecular complexity index is 783. The van der Waals surface area contributed by atoms with Crippen LogP contribution in [-0.2, 0) is 11.2 Å². The molecule has 132 valence electrons. The third kappa shape index (κ3) is 4.83. The van der Waals surface area contributed by atoms with E-state index < -0.39 is 0 Å². The molecular weight excluding hydrogens is 340 g/mol. The lowest BCUT2D eigenvalue weighted by molar-refractivity contribution is -0.116. The van der Waals surface area contributed by atoms with Crippen molar-refractivity contribution in [1.29, 1.82) is 0 Å². The lowest BCUT2D eigenvalue weighted by Gasteiger charge is -2.16. The fourth-order valence-electron chi connectivity index (χ4n) is 2.55. The molecule has 2 rings (SSSR count). The third-order valence-corrected chi connectivity index (χ3v) is 3.78. The van der Waals surface area contributed by atoms with E-state index in [1.165, 1.54) is 6.92 Å². The van der Waals surface area contributed by atoms with Crippen molar-refractivity contribution in [1.82, 2.24) is 0 Å². The highest BCUT2D eigenvalue weighted by molar-refractivity contribution is 6.31. The van der Waals surface area contributed by atoms with Crippen molar-refractivity contribution in [2.75, 3.05) is 13.2 Å². The summed E-state index contributed by atoms with van der Waals surface area (Å²) in [6, 6.07) is 10.1. The Morgan fingerprint density at radius 1 is 1.00 bits per heavy atom. The number of hydrogen-bond donors (Lipinski definition) is 0. The maximum absolute atomic E-state index is 13.0. The summed E-state index contributed by atoms with van der Waals surface area (Å²) >= 11 is 6.00. The van der Waals surface area contributed by atoms with Gasteiger partial charge >= 0.3 is 0 Å². The highest BCUT2D eigenvalue weighted by Gasteiger charge is 2.19. The lowest BCUT2D eigenvalue weighted by atomic mass is 9.95. The second-order valence-electron chi connectivity index (χ2n) is 5.54. The van der Waals surface area contributed by atoms with E-state index in [1.54, 1.807) is 36.4 Å². The van der Waals surface area contributed by atoms with Gasteiger partial charge in [0.1, 0.15) is 5.78 Å². The zero-order valence-corrected chi connectivity index (χ0v) is 15.4. The maximum Gasteiger partial charge on any atom is 0.193 e. The van der Waals surface area contributed by atoms with Crippen molar-refractivity contribution in [2.24, 2.45) is 0 Å². The molecule has 0 heterocycles. The molecule has 0 amide bonds. The lowest BCUT2D eigenvalue weighted by Crippen LogP contribution is -2.10. The molecule has 0 unspecified atom stereocenters. The van der Waals surface area contributed by atoms with Gasteiger partial charge in [-0.1, -0.05) is 23.7 Å². The SMILES string of the molecule is CCOc1cc(CC(C)=O)c(C(=O)c2cccc(Cl)c2)cc1OCC. The molecule has 0 aliphatic heterocycles. The average Bonchev–Trinajstić information content (AvgIpc) is 2.56. The molecule has 0 aliphatic carbocycles. The number of ketones is 2. The highest BCUT2D eigenvalue weighted by atomic mass is 35.5. The number of carbonyl (C=O) groups is 2. The molecule has 0 atom stereocenters. The normalized spacial score (nSPS) is 10.4. The van der Waals surface area contributed by atoms with Gasteiger partial charge in [-0.25, -0.2) is 0 Å². The smallest absolute Gasteiger partial charge is 0.193 e. The van der Waals surface area contributed by atoms with Crippen LogP contribution >= 0.6 is 11.6 Å². The van der Waals surface area contributed by atoms with E-state index in [1.807, 2.05) is 13.8 Å². The van der Waals surface area contributed by atoms with Crippen LogP contribution in [0.25, 0.3) is 0 Å². The Kier molecular flexibility index (Phi) is 6.59. The largest absolute Gasteiger partial charge is 0.490 e. The molecule has 0 bridgehead atoms. The van der Waals surface area contributed by atoms with Crippen molar-refractivity contribution in [3.8, 4) is 11.5 Å². The van der Waals surface area contributed by atoms with Crippen LogP contribution in [0.15, 0.2) is 36.4 Å². The number of benzene rings is 2. The Labute approximate surface area is 152 Å². The molecule has 0 N–H and O–H groups in total. The Morgan fingerprint density at radius 3 is 2.20 bits per heavy atom. The minimum Gasteiger partial charge on any atom is -0.490 e. The summed E-state index contributed by atoms with van der Waals surface area (Å²) in [6.07, 6.45) is 0.147. The van der Waals surface area contributed by atoms with Gasteiger partial charge in [-0.05, 0) is 50.6 Å². The molecule has 4 nitrogen and oxygen atoms in total. The summed E-state index contributed by atoms with van der Waals surface area (Å²) in [6.45, 7) is 6.12. The minimum absolute atomic E-state index is 0.0354. The van der Waals surface area contributed by atoms with E-state index in [2.05, 4.69) is 0 Å². The van der Waals surface area contributed by atoms with Gasteiger partial charge in [0.15, 0.2) is 17.3 Å². The second-order valence-corrected chi connectivity index (χ2v) is 5.98. The molecule has 0 saturated carbocycles. The van der Waals surface area contributed by atoms with Crippen LogP contribution in [0.1, 0.15) is 42.3 Å². The summed E-state index contributed by atoms with van der Waals surface area (Å²) in [7, 11) is 0. The minimum atomic E-state index is -0.206. The van der Waals surface area contributed by atoms with E-state index >= 15 is 0 Å². The van der Waals surface area contributed by atoms with Gasteiger partial charge in [-0.15, -0.1) is 0 Å². The topological polar surface area (TPSA) is 52.6 Å². The molecule has 0 fully saturated rings. The van der Waals surface area contributed by atoms with Crippen LogP contribution in [0.2, 0.25) is 5.02 Å². The van der Waals surface area contributed by atoms with Crippen LogP contribution in [0.3, 0.4) is 0 Å². The predicted molar refractivity (Wildman–Crippen MR) is 98.0 cm³/mol. The van der Waals surface area contributed by atoms with Crippen LogP contribution in [0.4, 0.5) is 0 Å².